The number of ether oxygens (including phenoxy) is 1. The van der Waals surface area contributed by atoms with Gasteiger partial charge in [0, 0.05) is 12.6 Å². The summed E-state index contributed by atoms with van der Waals surface area (Å²) >= 11 is 0. The Morgan fingerprint density at radius 2 is 1.43 bits per heavy atom. The summed E-state index contributed by atoms with van der Waals surface area (Å²) < 4.78 is 6.17. The molecular formula is C19H33NO. The highest BCUT2D eigenvalue weighted by atomic mass is 16.5. The zero-order chi connectivity index (χ0) is 14.9. The summed E-state index contributed by atoms with van der Waals surface area (Å²) in [7, 11) is 0. The van der Waals surface area contributed by atoms with Crippen LogP contribution < -0.4 is 5.32 Å². The largest absolute Gasteiger partial charge is 0.375 e. The first-order valence-electron chi connectivity index (χ1n) is 9.08. The molecule has 0 radical (unpaired) electrons. The van der Waals surface area contributed by atoms with Crippen LogP contribution in [0.1, 0.15) is 72.6 Å². The molecule has 1 N–H and O–H groups in total. The molecule has 2 heteroatoms. The van der Waals surface area contributed by atoms with E-state index in [1.807, 2.05) is 0 Å². The molecule has 1 aliphatic heterocycles. The average Bonchev–Trinajstić information content (AvgIpc) is 2.25. The second kappa shape index (κ2) is 4.26. The topological polar surface area (TPSA) is 21.3 Å². The van der Waals surface area contributed by atoms with Crippen LogP contribution in [0.5, 0.6) is 0 Å². The minimum Gasteiger partial charge on any atom is -0.375 e. The highest BCUT2D eigenvalue weighted by molar-refractivity contribution is 5.14. The Balaban J connectivity index is 1.62. The molecule has 2 atom stereocenters. The van der Waals surface area contributed by atoms with Gasteiger partial charge in [-0.05, 0) is 73.5 Å². The fraction of sp³-hybridized carbons (Fsp3) is 1.00. The predicted octanol–water partition coefficient (Wildman–Crippen LogP) is 4.14. The molecule has 2 nitrogen and oxygen atoms in total. The molecule has 1 heterocycles. The highest BCUT2D eigenvalue weighted by Gasteiger charge is 2.64. The van der Waals surface area contributed by atoms with E-state index in [9.17, 15) is 0 Å². The third-order valence-corrected chi connectivity index (χ3v) is 7.06. The molecule has 4 aliphatic carbocycles. The third-order valence-electron chi connectivity index (χ3n) is 7.06. The molecule has 0 spiro atoms. The van der Waals surface area contributed by atoms with Crippen molar-refractivity contribution in [1.82, 2.24) is 5.32 Å². The summed E-state index contributed by atoms with van der Waals surface area (Å²) in [5.41, 5.74) is 2.36. The molecular weight excluding hydrogens is 258 g/mol. The second-order valence-corrected chi connectivity index (χ2v) is 10.3. The smallest absolute Gasteiger partial charge is 0.0731 e. The van der Waals surface area contributed by atoms with Gasteiger partial charge >= 0.3 is 0 Å². The van der Waals surface area contributed by atoms with E-state index < -0.39 is 0 Å². The van der Waals surface area contributed by atoms with E-state index >= 15 is 0 Å². The van der Waals surface area contributed by atoms with Gasteiger partial charge in [-0.15, -0.1) is 0 Å². The standard InChI is InChI=1S/C19H33NO/c1-14-15(21-6-5-20-14)7-19-11-16(2)8-17(3,12-19)10-18(4,9-16)13-19/h14-15,20H,5-13H2,1-4H3. The quantitative estimate of drug-likeness (QED) is 0.825. The van der Waals surface area contributed by atoms with Crippen molar-refractivity contribution >= 4 is 0 Å². The first kappa shape index (κ1) is 14.5. The molecule has 0 aromatic rings. The molecule has 4 saturated carbocycles. The number of morpholine rings is 1. The van der Waals surface area contributed by atoms with Crippen molar-refractivity contribution in [2.24, 2.45) is 21.7 Å². The van der Waals surface area contributed by atoms with Gasteiger partial charge in [-0.25, -0.2) is 0 Å². The van der Waals surface area contributed by atoms with Crippen LogP contribution in [0, 0.1) is 21.7 Å². The van der Waals surface area contributed by atoms with Crippen LogP contribution in [-0.2, 0) is 4.74 Å². The van der Waals surface area contributed by atoms with Gasteiger partial charge in [0.25, 0.3) is 0 Å². The van der Waals surface area contributed by atoms with Crippen LogP contribution >= 0.6 is 0 Å². The molecule has 5 aliphatic rings. The summed E-state index contributed by atoms with van der Waals surface area (Å²) in [5, 5.41) is 3.62. The van der Waals surface area contributed by atoms with E-state index in [1.165, 1.54) is 44.9 Å². The maximum absolute atomic E-state index is 6.17. The molecule has 1 saturated heterocycles. The molecule has 0 aromatic heterocycles. The lowest BCUT2D eigenvalue weighted by atomic mass is 9.36. The number of hydrogen-bond donors (Lipinski definition) is 1. The number of nitrogens with one attached hydrogen (secondary N) is 1. The van der Waals surface area contributed by atoms with Crippen molar-refractivity contribution < 1.29 is 4.74 Å². The maximum atomic E-state index is 6.17. The van der Waals surface area contributed by atoms with Gasteiger partial charge in [0.15, 0.2) is 0 Å². The van der Waals surface area contributed by atoms with Gasteiger partial charge in [-0.1, -0.05) is 20.8 Å². The van der Waals surface area contributed by atoms with E-state index in [-0.39, 0.29) is 0 Å². The summed E-state index contributed by atoms with van der Waals surface area (Å²) in [6.07, 6.45) is 10.5. The Kier molecular flexibility index (Phi) is 2.94. The Morgan fingerprint density at radius 1 is 0.905 bits per heavy atom. The van der Waals surface area contributed by atoms with E-state index in [0.717, 1.165) is 13.2 Å². The van der Waals surface area contributed by atoms with Crippen LogP contribution in [0.2, 0.25) is 0 Å². The maximum Gasteiger partial charge on any atom is 0.0731 e. The van der Waals surface area contributed by atoms with E-state index in [2.05, 4.69) is 33.0 Å². The Labute approximate surface area is 130 Å². The zero-order valence-electron chi connectivity index (χ0n) is 14.4. The number of hydrogen-bond acceptors (Lipinski definition) is 2. The van der Waals surface area contributed by atoms with Crippen LogP contribution in [0.3, 0.4) is 0 Å². The lowest BCUT2D eigenvalue weighted by molar-refractivity contribution is -0.197. The molecule has 5 fully saturated rings. The van der Waals surface area contributed by atoms with Crippen LogP contribution in [0.15, 0.2) is 0 Å². The summed E-state index contributed by atoms with van der Waals surface area (Å²) in [4.78, 5) is 0. The lowest BCUT2D eigenvalue weighted by Gasteiger charge is -2.69. The van der Waals surface area contributed by atoms with Crippen molar-refractivity contribution in [3.63, 3.8) is 0 Å². The van der Waals surface area contributed by atoms with Gasteiger partial charge in [0.1, 0.15) is 0 Å². The van der Waals surface area contributed by atoms with Gasteiger partial charge in [-0.2, -0.15) is 0 Å². The van der Waals surface area contributed by atoms with Crippen molar-refractivity contribution in [2.45, 2.75) is 84.8 Å². The molecule has 0 amide bonds. The SMILES string of the molecule is CC1NCCOC1CC12CC3(C)CC(C)(CC(C)(C3)C1)C2. The number of rotatable bonds is 2. The fourth-order valence-corrected chi connectivity index (χ4v) is 8.21. The molecule has 2 unspecified atom stereocenters. The van der Waals surface area contributed by atoms with Crippen molar-refractivity contribution in [2.75, 3.05) is 13.2 Å². The fourth-order valence-electron chi connectivity index (χ4n) is 8.21. The normalized spacial score (nSPS) is 59.4. The second-order valence-electron chi connectivity index (χ2n) is 10.3. The van der Waals surface area contributed by atoms with Crippen LogP contribution in [-0.4, -0.2) is 25.3 Å². The lowest BCUT2D eigenvalue weighted by Crippen LogP contribution is -2.60. The Morgan fingerprint density at radius 3 is 1.90 bits per heavy atom. The van der Waals surface area contributed by atoms with Crippen LogP contribution in [0.25, 0.3) is 0 Å². The molecule has 0 aromatic carbocycles. The van der Waals surface area contributed by atoms with Crippen molar-refractivity contribution in [1.29, 1.82) is 0 Å². The Bertz CT molecular complexity index is 391. The average molecular weight is 291 g/mol. The van der Waals surface area contributed by atoms with Crippen molar-refractivity contribution in [3.8, 4) is 0 Å². The van der Waals surface area contributed by atoms with Gasteiger partial charge in [-0.3, -0.25) is 0 Å². The summed E-state index contributed by atoms with van der Waals surface area (Å²) in [5.74, 6) is 0. The minimum absolute atomic E-state index is 0.436. The molecule has 4 bridgehead atoms. The summed E-state index contributed by atoms with van der Waals surface area (Å²) in [6.45, 7) is 12.0. The molecule has 120 valence electrons. The van der Waals surface area contributed by atoms with Crippen molar-refractivity contribution in [3.05, 3.63) is 0 Å². The Hall–Kier alpha value is -0.0800. The monoisotopic (exact) mass is 291 g/mol. The van der Waals surface area contributed by atoms with Gasteiger partial charge in [0.05, 0.1) is 12.7 Å². The zero-order valence-corrected chi connectivity index (χ0v) is 14.4. The van der Waals surface area contributed by atoms with Gasteiger partial charge in [0.2, 0.25) is 0 Å². The van der Waals surface area contributed by atoms with Gasteiger partial charge < -0.3 is 10.1 Å². The first-order chi connectivity index (χ1) is 9.73. The first-order valence-corrected chi connectivity index (χ1v) is 9.08. The molecule has 5 rings (SSSR count). The predicted molar refractivity (Wildman–Crippen MR) is 86.3 cm³/mol. The third kappa shape index (κ3) is 2.37. The summed E-state index contributed by atoms with van der Waals surface area (Å²) in [6, 6.07) is 0.528. The highest BCUT2D eigenvalue weighted by Crippen LogP contribution is 2.74. The minimum atomic E-state index is 0.436. The van der Waals surface area contributed by atoms with E-state index in [1.54, 1.807) is 0 Å². The molecule has 21 heavy (non-hydrogen) atoms. The van der Waals surface area contributed by atoms with Crippen LogP contribution in [0.4, 0.5) is 0 Å². The van der Waals surface area contributed by atoms with E-state index in [4.69, 9.17) is 4.74 Å². The van der Waals surface area contributed by atoms with E-state index in [0.29, 0.717) is 33.8 Å².